The molecule has 0 bridgehead atoms. The molecule has 0 spiro atoms. The molecule has 6 heteroatoms. The zero-order chi connectivity index (χ0) is 11.8. The van der Waals surface area contributed by atoms with Gasteiger partial charge in [-0.2, -0.15) is 0 Å². The van der Waals surface area contributed by atoms with Crippen LogP contribution in [0.5, 0.6) is 0 Å². The summed E-state index contributed by atoms with van der Waals surface area (Å²) >= 11 is 0. The highest BCUT2D eigenvalue weighted by molar-refractivity contribution is 4.92. The number of ether oxygens (including phenoxy) is 2. The number of nitrogens with one attached hydrogen (secondary N) is 1. The average Bonchev–Trinajstić information content (AvgIpc) is 2.65. The van der Waals surface area contributed by atoms with Gasteiger partial charge in [0.15, 0.2) is 6.29 Å². The second-order valence-corrected chi connectivity index (χ2v) is 3.32. The number of hydrogen-bond donors (Lipinski definition) is 1. The average molecular weight is 228 g/mol. The van der Waals surface area contributed by atoms with Crippen molar-refractivity contribution in [1.82, 2.24) is 20.3 Å². The largest absolute Gasteiger partial charge is 0.352 e. The van der Waals surface area contributed by atoms with Gasteiger partial charge in [0.05, 0.1) is 11.9 Å². The molecule has 0 atom stereocenters. The predicted octanol–water partition coefficient (Wildman–Crippen LogP) is 0.304. The van der Waals surface area contributed by atoms with E-state index >= 15 is 0 Å². The van der Waals surface area contributed by atoms with Gasteiger partial charge in [-0.25, -0.2) is 0 Å². The van der Waals surface area contributed by atoms with Crippen molar-refractivity contribution in [3.63, 3.8) is 0 Å². The van der Waals surface area contributed by atoms with Crippen LogP contribution in [0, 0.1) is 0 Å². The molecule has 0 saturated carbocycles. The van der Waals surface area contributed by atoms with Crippen LogP contribution in [0.25, 0.3) is 0 Å². The molecule has 92 valence electrons. The summed E-state index contributed by atoms with van der Waals surface area (Å²) in [6, 6.07) is 0. The molecule has 0 saturated heterocycles. The zero-order valence-electron chi connectivity index (χ0n) is 10.1. The first-order chi connectivity index (χ1) is 7.77. The van der Waals surface area contributed by atoms with Crippen molar-refractivity contribution in [3.8, 4) is 0 Å². The molecule has 0 fully saturated rings. The van der Waals surface area contributed by atoms with E-state index in [-0.39, 0.29) is 6.29 Å². The van der Waals surface area contributed by atoms with Crippen LogP contribution in [-0.4, -0.2) is 41.0 Å². The van der Waals surface area contributed by atoms with Gasteiger partial charge in [0.25, 0.3) is 0 Å². The van der Waals surface area contributed by atoms with E-state index in [0.29, 0.717) is 26.3 Å². The van der Waals surface area contributed by atoms with E-state index in [4.69, 9.17) is 9.47 Å². The van der Waals surface area contributed by atoms with Gasteiger partial charge in [-0.05, 0) is 13.8 Å². The second-order valence-electron chi connectivity index (χ2n) is 3.32. The molecule has 1 N–H and O–H groups in total. The van der Waals surface area contributed by atoms with Gasteiger partial charge in [-0.3, -0.25) is 4.68 Å². The number of hydrogen-bond acceptors (Lipinski definition) is 5. The summed E-state index contributed by atoms with van der Waals surface area (Å²) < 4.78 is 12.6. The maximum Gasteiger partial charge on any atom is 0.169 e. The molecule has 1 aromatic heterocycles. The lowest BCUT2D eigenvalue weighted by Gasteiger charge is -2.17. The Hall–Kier alpha value is -0.980. The lowest BCUT2D eigenvalue weighted by molar-refractivity contribution is -0.133. The van der Waals surface area contributed by atoms with E-state index in [0.717, 1.165) is 5.69 Å². The number of nitrogens with zero attached hydrogens (tertiary/aromatic N) is 3. The summed E-state index contributed by atoms with van der Waals surface area (Å²) in [6.07, 6.45) is 1.56. The maximum absolute atomic E-state index is 5.41. The minimum absolute atomic E-state index is 0.184. The minimum Gasteiger partial charge on any atom is -0.352 e. The predicted molar refractivity (Wildman–Crippen MR) is 59.7 cm³/mol. The maximum atomic E-state index is 5.41. The molecule has 0 radical (unpaired) electrons. The Bertz CT molecular complexity index is 284. The van der Waals surface area contributed by atoms with E-state index < -0.39 is 0 Å². The summed E-state index contributed by atoms with van der Waals surface area (Å²) in [5.41, 5.74) is 1.03. The van der Waals surface area contributed by atoms with Crippen LogP contribution in [0.3, 0.4) is 0 Å². The molecule has 0 aliphatic heterocycles. The molecule has 0 aromatic carbocycles. The summed E-state index contributed by atoms with van der Waals surface area (Å²) in [5, 5.41) is 10.9. The van der Waals surface area contributed by atoms with Crippen LogP contribution >= 0.6 is 0 Å². The smallest absolute Gasteiger partial charge is 0.169 e. The fourth-order valence-electron chi connectivity index (χ4n) is 1.33. The first-order valence-corrected chi connectivity index (χ1v) is 5.55. The van der Waals surface area contributed by atoms with E-state index in [9.17, 15) is 0 Å². The van der Waals surface area contributed by atoms with E-state index in [1.54, 1.807) is 10.9 Å². The van der Waals surface area contributed by atoms with Crippen molar-refractivity contribution in [1.29, 1.82) is 0 Å². The number of rotatable bonds is 8. The van der Waals surface area contributed by atoms with Crippen LogP contribution < -0.4 is 5.32 Å². The number of aromatic nitrogens is 3. The highest BCUT2D eigenvalue weighted by atomic mass is 16.7. The summed E-state index contributed by atoms with van der Waals surface area (Å²) in [5.74, 6) is 0. The third-order valence-corrected chi connectivity index (χ3v) is 2.13. The minimum atomic E-state index is -0.184. The van der Waals surface area contributed by atoms with Crippen molar-refractivity contribution < 1.29 is 9.47 Å². The Balaban J connectivity index is 2.24. The first-order valence-electron chi connectivity index (χ1n) is 5.55. The van der Waals surface area contributed by atoms with Gasteiger partial charge < -0.3 is 14.8 Å². The van der Waals surface area contributed by atoms with Gasteiger partial charge in [-0.15, -0.1) is 5.10 Å². The Kier molecular flexibility index (Phi) is 5.99. The van der Waals surface area contributed by atoms with E-state index in [1.807, 2.05) is 20.9 Å². The van der Waals surface area contributed by atoms with Crippen LogP contribution in [0.15, 0.2) is 6.20 Å². The summed E-state index contributed by atoms with van der Waals surface area (Å²) in [6.45, 7) is 6.58. The van der Waals surface area contributed by atoms with Crippen LogP contribution in [-0.2, 0) is 23.1 Å². The van der Waals surface area contributed by atoms with Crippen molar-refractivity contribution in [2.75, 3.05) is 19.8 Å². The highest BCUT2D eigenvalue weighted by Crippen LogP contribution is 1.96. The SMILES string of the molecule is CCOC(CNCc1cnnn1C)OCC. The normalized spacial score (nSPS) is 11.2. The fraction of sp³-hybridized carbons (Fsp3) is 0.800. The third kappa shape index (κ3) is 4.26. The Morgan fingerprint density at radius 1 is 1.38 bits per heavy atom. The summed E-state index contributed by atoms with van der Waals surface area (Å²) in [7, 11) is 1.87. The van der Waals surface area contributed by atoms with Gasteiger partial charge in [0, 0.05) is 33.4 Å². The fourth-order valence-corrected chi connectivity index (χ4v) is 1.33. The van der Waals surface area contributed by atoms with Crippen molar-refractivity contribution >= 4 is 0 Å². The van der Waals surface area contributed by atoms with E-state index in [1.165, 1.54) is 0 Å². The Labute approximate surface area is 95.9 Å². The van der Waals surface area contributed by atoms with Gasteiger partial charge in [0.2, 0.25) is 0 Å². The van der Waals surface area contributed by atoms with Crippen molar-refractivity contribution in [3.05, 3.63) is 11.9 Å². The van der Waals surface area contributed by atoms with Gasteiger partial charge in [-0.1, -0.05) is 5.21 Å². The molecular weight excluding hydrogens is 208 g/mol. The van der Waals surface area contributed by atoms with Gasteiger partial charge in [0.1, 0.15) is 0 Å². The number of aryl methyl sites for hydroxylation is 1. The van der Waals surface area contributed by atoms with Gasteiger partial charge >= 0.3 is 0 Å². The third-order valence-electron chi connectivity index (χ3n) is 2.13. The molecule has 0 aliphatic carbocycles. The monoisotopic (exact) mass is 228 g/mol. The molecule has 6 nitrogen and oxygen atoms in total. The van der Waals surface area contributed by atoms with Crippen molar-refractivity contribution in [2.24, 2.45) is 7.05 Å². The quantitative estimate of drug-likeness (QED) is 0.649. The highest BCUT2D eigenvalue weighted by Gasteiger charge is 2.07. The molecule has 1 heterocycles. The van der Waals surface area contributed by atoms with Crippen LogP contribution in [0.2, 0.25) is 0 Å². The first kappa shape index (κ1) is 13.1. The molecule has 0 aliphatic rings. The van der Waals surface area contributed by atoms with Crippen molar-refractivity contribution in [2.45, 2.75) is 26.7 Å². The zero-order valence-corrected chi connectivity index (χ0v) is 10.1. The molecule has 0 amide bonds. The molecular formula is C10H20N4O2. The Morgan fingerprint density at radius 3 is 2.56 bits per heavy atom. The standard InChI is InChI=1S/C10H20N4O2/c1-4-15-10(16-5-2)8-11-6-9-7-12-13-14(9)3/h7,10-11H,4-6,8H2,1-3H3. The van der Waals surface area contributed by atoms with E-state index in [2.05, 4.69) is 15.6 Å². The molecule has 16 heavy (non-hydrogen) atoms. The second kappa shape index (κ2) is 7.32. The topological polar surface area (TPSA) is 61.2 Å². The van der Waals surface area contributed by atoms with Crippen LogP contribution in [0.1, 0.15) is 19.5 Å². The lowest BCUT2D eigenvalue weighted by Crippen LogP contribution is -2.31. The summed E-state index contributed by atoms with van der Waals surface area (Å²) in [4.78, 5) is 0. The lowest BCUT2D eigenvalue weighted by atomic mass is 10.4. The molecule has 1 aromatic rings. The Morgan fingerprint density at radius 2 is 2.06 bits per heavy atom. The molecule has 1 rings (SSSR count). The molecule has 0 unspecified atom stereocenters. The van der Waals surface area contributed by atoms with Crippen LogP contribution in [0.4, 0.5) is 0 Å².